The molecule has 1 saturated heterocycles. The SMILES string of the molecule is Cc1cc(-c2cccc(Cl)c2)ccc1NC(=O)c1cc(S(=O)(=O)N2CCOCC2)ccc1F. The number of aryl methyl sites for hydroxylation is 1. The van der Waals surface area contributed by atoms with Crippen LogP contribution in [0.3, 0.4) is 0 Å². The first kappa shape index (κ1) is 23.4. The van der Waals surface area contributed by atoms with E-state index in [0.717, 1.165) is 28.8 Å². The van der Waals surface area contributed by atoms with Crippen LogP contribution in [0.25, 0.3) is 11.1 Å². The van der Waals surface area contributed by atoms with Crippen LogP contribution >= 0.6 is 11.6 Å². The Labute approximate surface area is 197 Å². The second-order valence-corrected chi connectivity index (χ2v) is 10.0. The highest BCUT2D eigenvalue weighted by molar-refractivity contribution is 7.89. The Hall–Kier alpha value is -2.78. The lowest BCUT2D eigenvalue weighted by molar-refractivity contribution is 0.0730. The first-order valence-corrected chi connectivity index (χ1v) is 12.1. The third kappa shape index (κ3) is 5.09. The predicted molar refractivity (Wildman–Crippen MR) is 126 cm³/mol. The van der Waals surface area contributed by atoms with Crippen LogP contribution in [0.4, 0.5) is 10.1 Å². The largest absolute Gasteiger partial charge is 0.379 e. The molecular weight excluding hydrogens is 467 g/mol. The molecule has 1 aliphatic heterocycles. The van der Waals surface area contributed by atoms with Gasteiger partial charge in [-0.3, -0.25) is 4.79 Å². The number of rotatable bonds is 5. The second kappa shape index (κ2) is 9.61. The third-order valence-corrected chi connectivity index (χ3v) is 7.55. The van der Waals surface area contributed by atoms with E-state index in [9.17, 15) is 17.6 Å². The fourth-order valence-corrected chi connectivity index (χ4v) is 5.24. The molecule has 1 fully saturated rings. The van der Waals surface area contributed by atoms with Crippen LogP contribution in [0.5, 0.6) is 0 Å². The van der Waals surface area contributed by atoms with Gasteiger partial charge in [0.05, 0.1) is 23.7 Å². The van der Waals surface area contributed by atoms with Gasteiger partial charge in [-0.05, 0) is 66.1 Å². The van der Waals surface area contributed by atoms with Crippen LogP contribution in [0.15, 0.2) is 65.6 Å². The molecule has 4 rings (SSSR count). The molecule has 0 unspecified atom stereocenters. The van der Waals surface area contributed by atoms with Crippen LogP contribution in [0.2, 0.25) is 5.02 Å². The number of benzene rings is 3. The van der Waals surface area contributed by atoms with Gasteiger partial charge in [0.15, 0.2) is 0 Å². The molecule has 172 valence electrons. The summed E-state index contributed by atoms with van der Waals surface area (Å²) in [5.74, 6) is -1.54. The quantitative estimate of drug-likeness (QED) is 0.563. The van der Waals surface area contributed by atoms with E-state index in [1.807, 2.05) is 37.3 Å². The summed E-state index contributed by atoms with van der Waals surface area (Å²) >= 11 is 6.07. The standard InChI is InChI=1S/C24H22ClFN2O4S/c1-16-13-18(17-3-2-4-19(25)14-17)5-8-23(16)27-24(29)21-15-20(6-7-22(21)26)33(30,31)28-9-11-32-12-10-28/h2-8,13-15H,9-12H2,1H3,(H,27,29). The van der Waals surface area contributed by atoms with Gasteiger partial charge in [0, 0.05) is 23.8 Å². The van der Waals surface area contributed by atoms with Gasteiger partial charge in [0.25, 0.3) is 5.91 Å². The fraction of sp³-hybridized carbons (Fsp3) is 0.208. The fourth-order valence-electron chi connectivity index (χ4n) is 3.62. The number of amides is 1. The number of hydrogen-bond acceptors (Lipinski definition) is 4. The molecule has 1 N–H and O–H groups in total. The smallest absolute Gasteiger partial charge is 0.258 e. The molecule has 6 nitrogen and oxygen atoms in total. The molecule has 0 bridgehead atoms. The van der Waals surface area contributed by atoms with Crippen LogP contribution in [0, 0.1) is 12.7 Å². The van der Waals surface area contributed by atoms with Crippen molar-refractivity contribution in [3.05, 3.63) is 82.6 Å². The minimum Gasteiger partial charge on any atom is -0.379 e. The minimum atomic E-state index is -3.86. The number of anilines is 1. The lowest BCUT2D eigenvalue weighted by atomic mass is 10.0. The number of ether oxygens (including phenoxy) is 1. The number of morpholine rings is 1. The highest BCUT2D eigenvalue weighted by Gasteiger charge is 2.28. The molecule has 1 amide bonds. The lowest BCUT2D eigenvalue weighted by Gasteiger charge is -2.26. The summed E-state index contributed by atoms with van der Waals surface area (Å²) in [6.45, 7) is 2.81. The number of nitrogens with one attached hydrogen (secondary N) is 1. The van der Waals surface area contributed by atoms with Crippen molar-refractivity contribution in [1.29, 1.82) is 0 Å². The van der Waals surface area contributed by atoms with Gasteiger partial charge < -0.3 is 10.1 Å². The van der Waals surface area contributed by atoms with Crippen molar-refractivity contribution in [3.63, 3.8) is 0 Å². The van der Waals surface area contributed by atoms with Crippen LogP contribution in [-0.2, 0) is 14.8 Å². The molecule has 3 aromatic carbocycles. The van der Waals surface area contributed by atoms with Crippen molar-refractivity contribution in [3.8, 4) is 11.1 Å². The van der Waals surface area contributed by atoms with Gasteiger partial charge in [0.1, 0.15) is 5.82 Å². The van der Waals surface area contributed by atoms with E-state index in [-0.39, 0.29) is 36.8 Å². The maximum Gasteiger partial charge on any atom is 0.258 e. The summed E-state index contributed by atoms with van der Waals surface area (Å²) in [7, 11) is -3.86. The summed E-state index contributed by atoms with van der Waals surface area (Å²) in [5.41, 5.74) is 2.75. The topological polar surface area (TPSA) is 75.7 Å². The molecule has 1 heterocycles. The molecule has 0 aromatic heterocycles. The van der Waals surface area contributed by atoms with E-state index >= 15 is 0 Å². The summed E-state index contributed by atoms with van der Waals surface area (Å²) < 4.78 is 46.7. The van der Waals surface area contributed by atoms with Gasteiger partial charge in [-0.1, -0.05) is 29.8 Å². The average molecular weight is 489 g/mol. The van der Waals surface area contributed by atoms with Crippen molar-refractivity contribution in [1.82, 2.24) is 4.31 Å². The molecule has 1 aliphatic rings. The zero-order valence-electron chi connectivity index (χ0n) is 17.8. The van der Waals surface area contributed by atoms with E-state index in [1.54, 1.807) is 12.1 Å². The number of nitrogens with zero attached hydrogens (tertiary/aromatic N) is 1. The highest BCUT2D eigenvalue weighted by Crippen LogP contribution is 2.28. The van der Waals surface area contributed by atoms with Crippen molar-refractivity contribution in [2.45, 2.75) is 11.8 Å². The normalized spacial score (nSPS) is 14.8. The van der Waals surface area contributed by atoms with Crippen LogP contribution in [0.1, 0.15) is 15.9 Å². The van der Waals surface area contributed by atoms with Crippen LogP contribution in [-0.4, -0.2) is 44.9 Å². The van der Waals surface area contributed by atoms with Gasteiger partial charge >= 0.3 is 0 Å². The summed E-state index contributed by atoms with van der Waals surface area (Å²) in [5, 5.41) is 3.30. The predicted octanol–water partition coefficient (Wildman–Crippen LogP) is 4.73. The van der Waals surface area contributed by atoms with E-state index in [0.29, 0.717) is 10.7 Å². The molecular formula is C24H22ClFN2O4S. The Morgan fingerprint density at radius 1 is 1.03 bits per heavy atom. The molecule has 0 atom stereocenters. The molecule has 9 heteroatoms. The maximum absolute atomic E-state index is 14.5. The van der Waals surface area contributed by atoms with E-state index in [1.165, 1.54) is 10.4 Å². The zero-order chi connectivity index (χ0) is 23.6. The monoisotopic (exact) mass is 488 g/mol. The van der Waals surface area contributed by atoms with Crippen molar-refractivity contribution in [2.24, 2.45) is 0 Å². The Kier molecular flexibility index (Phi) is 6.81. The third-order valence-electron chi connectivity index (χ3n) is 5.42. The highest BCUT2D eigenvalue weighted by atomic mass is 35.5. The van der Waals surface area contributed by atoms with Crippen molar-refractivity contribution < 1.29 is 22.3 Å². The van der Waals surface area contributed by atoms with E-state index in [4.69, 9.17) is 16.3 Å². The van der Waals surface area contributed by atoms with Crippen molar-refractivity contribution in [2.75, 3.05) is 31.6 Å². The van der Waals surface area contributed by atoms with E-state index in [2.05, 4.69) is 5.32 Å². The first-order chi connectivity index (χ1) is 15.8. The Morgan fingerprint density at radius 3 is 2.45 bits per heavy atom. The molecule has 0 aliphatic carbocycles. The molecule has 33 heavy (non-hydrogen) atoms. The number of carbonyl (C=O) groups excluding carboxylic acids is 1. The van der Waals surface area contributed by atoms with Gasteiger partial charge in [-0.2, -0.15) is 4.31 Å². The van der Waals surface area contributed by atoms with Gasteiger partial charge in [-0.15, -0.1) is 0 Å². The zero-order valence-corrected chi connectivity index (χ0v) is 19.4. The number of sulfonamides is 1. The lowest BCUT2D eigenvalue weighted by Crippen LogP contribution is -2.40. The first-order valence-electron chi connectivity index (χ1n) is 10.3. The summed E-state index contributed by atoms with van der Waals surface area (Å²) in [4.78, 5) is 12.7. The minimum absolute atomic E-state index is 0.135. The summed E-state index contributed by atoms with van der Waals surface area (Å²) in [6.07, 6.45) is 0. The van der Waals surface area contributed by atoms with Crippen LogP contribution < -0.4 is 5.32 Å². The van der Waals surface area contributed by atoms with Gasteiger partial charge in [0.2, 0.25) is 10.0 Å². The molecule has 0 radical (unpaired) electrons. The van der Waals surface area contributed by atoms with Crippen molar-refractivity contribution >= 4 is 33.2 Å². The van der Waals surface area contributed by atoms with E-state index < -0.39 is 21.7 Å². The van der Waals surface area contributed by atoms with Gasteiger partial charge in [-0.25, -0.2) is 12.8 Å². The Bertz CT molecular complexity index is 1310. The summed E-state index contributed by atoms with van der Waals surface area (Å²) in [6, 6.07) is 16.1. The maximum atomic E-state index is 14.5. The second-order valence-electron chi connectivity index (χ2n) is 7.65. The Balaban J connectivity index is 1.58. The molecule has 0 spiro atoms. The molecule has 0 saturated carbocycles. The Morgan fingerprint density at radius 2 is 1.76 bits per heavy atom. The number of carbonyl (C=O) groups is 1. The number of halogens is 2. The number of hydrogen-bond donors (Lipinski definition) is 1. The molecule has 3 aromatic rings. The average Bonchev–Trinajstić information content (AvgIpc) is 2.81.